The van der Waals surface area contributed by atoms with E-state index in [-0.39, 0.29) is 6.08 Å². The van der Waals surface area contributed by atoms with Gasteiger partial charge in [0.15, 0.2) is 5.76 Å². The molecule has 2 amide bonds. The van der Waals surface area contributed by atoms with Crippen LogP contribution in [0.5, 0.6) is 17.7 Å². The van der Waals surface area contributed by atoms with Gasteiger partial charge in [0, 0.05) is 30.0 Å². The van der Waals surface area contributed by atoms with Crippen molar-refractivity contribution in [3.63, 3.8) is 0 Å². The minimum atomic E-state index is -0.589. The number of nitrogens with two attached hydrogens (primary N) is 1. The second-order valence-electron chi connectivity index (χ2n) is 6.46. The molecule has 0 aliphatic rings. The molecule has 3 aromatic rings. The Labute approximate surface area is 185 Å². The number of rotatable bonds is 12. The predicted molar refractivity (Wildman–Crippen MR) is 117 cm³/mol. The van der Waals surface area contributed by atoms with Gasteiger partial charge < -0.3 is 34.4 Å². The van der Waals surface area contributed by atoms with Gasteiger partial charge in [-0.25, -0.2) is 9.78 Å². The molecule has 32 heavy (non-hydrogen) atoms. The number of benzene rings is 1. The summed E-state index contributed by atoms with van der Waals surface area (Å²) in [6.07, 6.45) is 1.80. The topological polar surface area (TPSA) is 131 Å². The smallest absolute Gasteiger partial charge is 0.394 e. The van der Waals surface area contributed by atoms with Crippen LogP contribution in [0.4, 0.5) is 4.79 Å². The van der Waals surface area contributed by atoms with Crippen LogP contribution in [0.1, 0.15) is 6.92 Å². The molecule has 0 saturated carbocycles. The molecule has 10 heteroatoms. The maximum Gasteiger partial charge on any atom is 0.394 e. The van der Waals surface area contributed by atoms with Gasteiger partial charge in [-0.3, -0.25) is 0 Å². The van der Waals surface area contributed by atoms with Crippen molar-refractivity contribution in [3.05, 3.63) is 42.6 Å². The molecule has 0 fully saturated rings. The van der Waals surface area contributed by atoms with E-state index >= 15 is 0 Å². The molecule has 2 heterocycles. The number of urea groups is 1. The molecule has 3 N–H and O–H groups in total. The van der Waals surface area contributed by atoms with Crippen molar-refractivity contribution in [2.24, 2.45) is 5.73 Å². The summed E-state index contributed by atoms with van der Waals surface area (Å²) < 4.78 is 27.5. The standard InChI is InChI=1S/C22H26N4O6/c1-3-29-12-13-31-22-26-19(16-6-9-18(28-2)25-14-16)20(32-22)15-4-7-17(8-5-15)30-11-10-24-21(23)27/h4-9,14H,3,10-13H2,1-2H3,(H3,23,24,27). The zero-order valence-corrected chi connectivity index (χ0v) is 18.0. The van der Waals surface area contributed by atoms with Crippen molar-refractivity contribution < 1.29 is 28.2 Å². The Balaban J connectivity index is 1.79. The number of primary amides is 1. The van der Waals surface area contributed by atoms with Crippen LogP contribution < -0.4 is 25.3 Å². The first kappa shape index (κ1) is 22.9. The Morgan fingerprint density at radius 1 is 1.06 bits per heavy atom. The molecule has 3 rings (SSSR count). The molecule has 1 aromatic carbocycles. The number of methoxy groups -OCH3 is 1. The zero-order chi connectivity index (χ0) is 22.8. The number of ether oxygens (including phenoxy) is 4. The second-order valence-corrected chi connectivity index (χ2v) is 6.46. The molecule has 0 atom stereocenters. The number of hydrogen-bond acceptors (Lipinski definition) is 8. The van der Waals surface area contributed by atoms with Crippen molar-refractivity contribution in [1.29, 1.82) is 0 Å². The molecule has 170 valence electrons. The van der Waals surface area contributed by atoms with E-state index in [4.69, 9.17) is 29.1 Å². The number of nitrogens with one attached hydrogen (secondary N) is 1. The monoisotopic (exact) mass is 442 g/mol. The molecule has 2 aromatic heterocycles. The van der Waals surface area contributed by atoms with Crippen LogP contribution >= 0.6 is 0 Å². The van der Waals surface area contributed by atoms with Gasteiger partial charge in [0.1, 0.15) is 24.7 Å². The van der Waals surface area contributed by atoms with E-state index in [9.17, 15) is 4.79 Å². The number of aromatic nitrogens is 2. The molecule has 0 unspecified atom stereocenters. The number of oxazole rings is 1. The van der Waals surface area contributed by atoms with E-state index in [1.165, 1.54) is 0 Å². The maximum absolute atomic E-state index is 10.7. The van der Waals surface area contributed by atoms with Crippen molar-refractivity contribution in [1.82, 2.24) is 15.3 Å². The van der Waals surface area contributed by atoms with Crippen molar-refractivity contribution in [2.75, 3.05) is 40.1 Å². The van der Waals surface area contributed by atoms with E-state index in [1.807, 2.05) is 25.1 Å². The molecule has 0 aliphatic heterocycles. The lowest BCUT2D eigenvalue weighted by Gasteiger charge is -2.07. The average Bonchev–Trinajstić information content (AvgIpc) is 3.24. The van der Waals surface area contributed by atoms with E-state index in [0.717, 1.165) is 11.1 Å². The largest absolute Gasteiger partial charge is 0.492 e. The summed E-state index contributed by atoms with van der Waals surface area (Å²) in [5.41, 5.74) is 7.15. The summed E-state index contributed by atoms with van der Waals surface area (Å²) in [5.74, 6) is 1.67. The SMILES string of the molecule is CCOCCOc1nc(-c2ccc(OC)nc2)c(-c2ccc(OCCNC(N)=O)cc2)o1. The third-order valence-corrected chi connectivity index (χ3v) is 4.27. The van der Waals surface area contributed by atoms with Gasteiger partial charge in [-0.1, -0.05) is 0 Å². The Hall–Kier alpha value is -3.79. The highest BCUT2D eigenvalue weighted by atomic mass is 16.6. The van der Waals surface area contributed by atoms with Crippen molar-refractivity contribution in [3.8, 4) is 40.3 Å². The third kappa shape index (κ3) is 6.35. The minimum Gasteiger partial charge on any atom is -0.492 e. The van der Waals surface area contributed by atoms with E-state index in [0.29, 0.717) is 56.1 Å². The van der Waals surface area contributed by atoms with Crippen LogP contribution in [-0.4, -0.2) is 56.1 Å². The van der Waals surface area contributed by atoms with Crippen molar-refractivity contribution >= 4 is 6.03 Å². The molecule has 0 radical (unpaired) electrons. The van der Waals surface area contributed by atoms with Crippen LogP contribution in [-0.2, 0) is 4.74 Å². The van der Waals surface area contributed by atoms with E-state index in [1.54, 1.807) is 31.5 Å². The van der Waals surface area contributed by atoms with E-state index in [2.05, 4.69) is 15.3 Å². The summed E-state index contributed by atoms with van der Waals surface area (Å²) in [7, 11) is 1.56. The van der Waals surface area contributed by atoms with Crippen LogP contribution in [0.3, 0.4) is 0 Å². The third-order valence-electron chi connectivity index (χ3n) is 4.27. The van der Waals surface area contributed by atoms with Crippen molar-refractivity contribution in [2.45, 2.75) is 6.92 Å². The van der Waals surface area contributed by atoms with Gasteiger partial charge in [-0.05, 0) is 37.3 Å². The summed E-state index contributed by atoms with van der Waals surface area (Å²) in [4.78, 5) is 19.5. The van der Waals surface area contributed by atoms with Crippen LogP contribution in [0, 0.1) is 0 Å². The molecular weight excluding hydrogens is 416 g/mol. The average molecular weight is 442 g/mol. The molecule has 0 bridgehead atoms. The Bertz CT molecular complexity index is 989. The Kier molecular flexibility index (Phi) is 8.27. The second kappa shape index (κ2) is 11.6. The number of hydrogen-bond donors (Lipinski definition) is 2. The molecule has 0 saturated heterocycles. The lowest BCUT2D eigenvalue weighted by Crippen LogP contribution is -2.32. The van der Waals surface area contributed by atoms with Gasteiger partial charge in [-0.2, -0.15) is 4.98 Å². The number of amides is 2. The Morgan fingerprint density at radius 2 is 1.84 bits per heavy atom. The lowest BCUT2D eigenvalue weighted by atomic mass is 10.1. The van der Waals surface area contributed by atoms with Crippen LogP contribution in [0.2, 0.25) is 0 Å². The van der Waals surface area contributed by atoms with Crippen LogP contribution in [0.15, 0.2) is 47.0 Å². The summed E-state index contributed by atoms with van der Waals surface area (Å²) in [6.45, 7) is 3.89. The first-order valence-electron chi connectivity index (χ1n) is 10.1. The zero-order valence-electron chi connectivity index (χ0n) is 18.0. The lowest BCUT2D eigenvalue weighted by molar-refractivity contribution is 0.0969. The number of carbonyl (C=O) groups is 1. The highest BCUT2D eigenvalue weighted by Crippen LogP contribution is 2.36. The summed E-state index contributed by atoms with van der Waals surface area (Å²) >= 11 is 0. The fourth-order valence-corrected chi connectivity index (χ4v) is 2.77. The van der Waals surface area contributed by atoms with Crippen LogP contribution in [0.25, 0.3) is 22.6 Å². The predicted octanol–water partition coefficient (Wildman–Crippen LogP) is 2.87. The van der Waals surface area contributed by atoms with Gasteiger partial charge in [0.05, 0.1) is 20.3 Å². The number of nitrogens with zero attached hydrogens (tertiary/aromatic N) is 2. The maximum atomic E-state index is 10.7. The highest BCUT2D eigenvalue weighted by Gasteiger charge is 2.19. The van der Waals surface area contributed by atoms with E-state index < -0.39 is 6.03 Å². The summed E-state index contributed by atoms with van der Waals surface area (Å²) in [5, 5.41) is 2.47. The molecule has 0 spiro atoms. The molecule has 0 aliphatic carbocycles. The first-order chi connectivity index (χ1) is 15.6. The highest BCUT2D eigenvalue weighted by molar-refractivity contribution is 5.77. The number of pyridine rings is 1. The fourth-order valence-electron chi connectivity index (χ4n) is 2.77. The molecule has 10 nitrogen and oxygen atoms in total. The fraction of sp³-hybridized carbons (Fsp3) is 0.318. The van der Waals surface area contributed by atoms with Gasteiger partial charge in [0.2, 0.25) is 5.88 Å². The summed E-state index contributed by atoms with van der Waals surface area (Å²) in [6, 6.07) is 10.3. The Morgan fingerprint density at radius 3 is 2.50 bits per heavy atom. The molecular formula is C22H26N4O6. The number of carbonyl (C=O) groups excluding carboxylic acids is 1. The quantitative estimate of drug-likeness (QED) is 0.409. The van der Waals surface area contributed by atoms with Gasteiger partial charge >= 0.3 is 12.1 Å². The minimum absolute atomic E-state index is 0.142. The first-order valence-corrected chi connectivity index (χ1v) is 10.1. The van der Waals surface area contributed by atoms with Gasteiger partial charge in [-0.15, -0.1) is 0 Å². The normalized spacial score (nSPS) is 10.6. The van der Waals surface area contributed by atoms with Gasteiger partial charge in [0.25, 0.3) is 0 Å².